The van der Waals surface area contributed by atoms with Crippen molar-refractivity contribution in [1.29, 1.82) is 0 Å². The minimum atomic E-state index is -3.09. The van der Waals surface area contributed by atoms with Gasteiger partial charge in [-0.1, -0.05) is 0 Å². The Kier molecular flexibility index (Phi) is 4.02. The van der Waals surface area contributed by atoms with Gasteiger partial charge in [0, 0.05) is 5.56 Å². The van der Waals surface area contributed by atoms with E-state index in [-0.39, 0.29) is 11.5 Å². The minimum absolute atomic E-state index is 0.336. The molecule has 0 amide bonds. The molecule has 4 N–H and O–H groups in total. The Labute approximate surface area is 93.6 Å². The number of benzene rings is 1. The molecule has 0 aliphatic carbocycles. The smallest absolute Gasteiger partial charge is 0.266 e. The average molecular weight is 248 g/mol. The molecule has 1 rings (SSSR count). The Bertz CT molecular complexity index is 466. The summed E-state index contributed by atoms with van der Waals surface area (Å²) in [6.45, 7) is 0. The lowest BCUT2D eigenvalue weighted by Crippen LogP contribution is -2.21. The van der Waals surface area contributed by atoms with Crippen molar-refractivity contribution in [2.75, 3.05) is 0 Å². The van der Waals surface area contributed by atoms with E-state index in [2.05, 4.69) is 10.2 Å². The molecule has 92 valence electrons. The maximum atomic E-state index is 13.2. The molecule has 0 spiro atoms. The number of halogens is 4. The van der Waals surface area contributed by atoms with Crippen molar-refractivity contribution in [3.63, 3.8) is 0 Å². The van der Waals surface area contributed by atoms with E-state index in [0.29, 0.717) is 12.1 Å². The summed E-state index contributed by atoms with van der Waals surface area (Å²) in [4.78, 5) is 0. The van der Waals surface area contributed by atoms with Crippen LogP contribution in [0.1, 0.15) is 17.6 Å². The van der Waals surface area contributed by atoms with Gasteiger partial charge in [0.2, 0.25) is 5.96 Å². The number of nitrogens with two attached hydrogens (primary N) is 2. The Morgan fingerprint density at radius 1 is 1.18 bits per heavy atom. The van der Waals surface area contributed by atoms with Gasteiger partial charge in [-0.2, -0.15) is 5.10 Å². The van der Waals surface area contributed by atoms with Crippen molar-refractivity contribution in [3.05, 3.63) is 34.9 Å². The standard InChI is InChI=1S/C9H8F4N4/c10-6-2-5(8(12)13)7(11)1-4(6)3-16-17-9(14)15/h1-3,8H,(H4,14,15,17). The van der Waals surface area contributed by atoms with E-state index < -0.39 is 23.6 Å². The van der Waals surface area contributed by atoms with Gasteiger partial charge in [-0.3, -0.25) is 0 Å². The van der Waals surface area contributed by atoms with Crippen LogP contribution in [-0.4, -0.2) is 12.2 Å². The van der Waals surface area contributed by atoms with E-state index in [4.69, 9.17) is 11.5 Å². The third-order valence-electron chi connectivity index (χ3n) is 1.72. The second kappa shape index (κ2) is 5.28. The van der Waals surface area contributed by atoms with Gasteiger partial charge in [0.15, 0.2) is 0 Å². The fourth-order valence-corrected chi connectivity index (χ4v) is 1.00. The lowest BCUT2D eigenvalue weighted by molar-refractivity contribution is 0.146. The van der Waals surface area contributed by atoms with Crippen LogP contribution in [0.15, 0.2) is 22.3 Å². The molecule has 0 heterocycles. The van der Waals surface area contributed by atoms with Crippen LogP contribution in [-0.2, 0) is 0 Å². The number of rotatable bonds is 3. The lowest BCUT2D eigenvalue weighted by Gasteiger charge is -2.03. The Hall–Kier alpha value is -2.12. The van der Waals surface area contributed by atoms with E-state index in [1.54, 1.807) is 0 Å². The Morgan fingerprint density at radius 2 is 1.82 bits per heavy atom. The van der Waals surface area contributed by atoms with Gasteiger partial charge in [0.25, 0.3) is 6.43 Å². The highest BCUT2D eigenvalue weighted by Crippen LogP contribution is 2.24. The average Bonchev–Trinajstić information content (AvgIpc) is 2.21. The first-order valence-corrected chi connectivity index (χ1v) is 4.31. The quantitative estimate of drug-likeness (QED) is 0.368. The maximum Gasteiger partial charge on any atom is 0.266 e. The summed E-state index contributed by atoms with van der Waals surface area (Å²) in [6.07, 6.45) is -2.28. The predicted molar refractivity (Wildman–Crippen MR) is 54.7 cm³/mol. The summed E-state index contributed by atoms with van der Waals surface area (Å²) in [5.41, 5.74) is 8.52. The third-order valence-corrected chi connectivity index (χ3v) is 1.72. The zero-order valence-electron chi connectivity index (χ0n) is 8.37. The third kappa shape index (κ3) is 3.44. The number of hydrogen-bond donors (Lipinski definition) is 2. The predicted octanol–water partition coefficient (Wildman–Crippen LogP) is 1.51. The highest BCUT2D eigenvalue weighted by molar-refractivity contribution is 5.81. The van der Waals surface area contributed by atoms with Gasteiger partial charge in [0.05, 0.1) is 11.8 Å². The maximum absolute atomic E-state index is 13.2. The summed E-state index contributed by atoms with van der Waals surface area (Å²) in [5, 5.41) is 6.39. The monoisotopic (exact) mass is 248 g/mol. The number of nitrogens with zero attached hydrogens (tertiary/aromatic N) is 2. The molecule has 1 aromatic rings. The van der Waals surface area contributed by atoms with Crippen LogP contribution < -0.4 is 11.5 Å². The molecular weight excluding hydrogens is 240 g/mol. The zero-order chi connectivity index (χ0) is 13.0. The molecule has 0 aromatic heterocycles. The van der Waals surface area contributed by atoms with E-state index in [1.165, 1.54) is 0 Å². The highest BCUT2D eigenvalue weighted by Gasteiger charge is 2.16. The highest BCUT2D eigenvalue weighted by atomic mass is 19.3. The SMILES string of the molecule is NC(N)=NN=Cc1cc(F)c(C(F)F)cc1F. The lowest BCUT2D eigenvalue weighted by atomic mass is 10.1. The van der Waals surface area contributed by atoms with Crippen molar-refractivity contribution >= 4 is 12.2 Å². The molecule has 0 aliphatic rings. The first-order chi connectivity index (χ1) is 7.91. The van der Waals surface area contributed by atoms with Crippen molar-refractivity contribution in [1.82, 2.24) is 0 Å². The van der Waals surface area contributed by atoms with Crippen LogP contribution in [0.5, 0.6) is 0 Å². The van der Waals surface area contributed by atoms with Crippen LogP contribution in [0.4, 0.5) is 17.6 Å². The molecule has 4 nitrogen and oxygen atoms in total. The molecule has 0 saturated carbocycles. The topological polar surface area (TPSA) is 76.8 Å². The van der Waals surface area contributed by atoms with E-state index in [9.17, 15) is 17.6 Å². The minimum Gasteiger partial charge on any atom is -0.369 e. The number of alkyl halides is 2. The van der Waals surface area contributed by atoms with Crippen LogP contribution in [0.3, 0.4) is 0 Å². The molecular formula is C9H8F4N4. The van der Waals surface area contributed by atoms with Crippen molar-refractivity contribution < 1.29 is 17.6 Å². The summed E-state index contributed by atoms with van der Waals surface area (Å²) in [6, 6.07) is 0.986. The number of guanidine groups is 1. The molecule has 0 aliphatic heterocycles. The molecule has 17 heavy (non-hydrogen) atoms. The zero-order valence-corrected chi connectivity index (χ0v) is 8.37. The van der Waals surface area contributed by atoms with E-state index in [0.717, 1.165) is 6.21 Å². The van der Waals surface area contributed by atoms with Crippen molar-refractivity contribution in [2.24, 2.45) is 21.7 Å². The second-order valence-corrected chi connectivity index (χ2v) is 2.97. The normalized spacial score (nSPS) is 11.1. The van der Waals surface area contributed by atoms with Crippen LogP contribution >= 0.6 is 0 Å². The van der Waals surface area contributed by atoms with E-state index in [1.807, 2.05) is 0 Å². The molecule has 8 heteroatoms. The fraction of sp³-hybridized carbons (Fsp3) is 0.111. The fourth-order valence-electron chi connectivity index (χ4n) is 1.00. The molecule has 0 unspecified atom stereocenters. The first-order valence-electron chi connectivity index (χ1n) is 4.31. The van der Waals surface area contributed by atoms with Gasteiger partial charge in [-0.05, 0) is 12.1 Å². The van der Waals surface area contributed by atoms with Crippen LogP contribution in [0, 0.1) is 11.6 Å². The van der Waals surface area contributed by atoms with Gasteiger partial charge in [-0.15, -0.1) is 5.10 Å². The van der Waals surface area contributed by atoms with Gasteiger partial charge >= 0.3 is 0 Å². The Balaban J connectivity index is 3.08. The van der Waals surface area contributed by atoms with Crippen LogP contribution in [0.2, 0.25) is 0 Å². The second-order valence-electron chi connectivity index (χ2n) is 2.97. The molecule has 0 fully saturated rings. The Morgan fingerprint density at radius 3 is 2.35 bits per heavy atom. The summed E-state index contributed by atoms with van der Waals surface area (Å²) >= 11 is 0. The van der Waals surface area contributed by atoms with Gasteiger partial charge in [-0.25, -0.2) is 17.6 Å². The molecule has 0 saturated heterocycles. The largest absolute Gasteiger partial charge is 0.369 e. The molecule has 1 aromatic carbocycles. The summed E-state index contributed by atoms with van der Waals surface area (Å²) in [5.74, 6) is -2.64. The summed E-state index contributed by atoms with van der Waals surface area (Å²) < 4.78 is 50.7. The van der Waals surface area contributed by atoms with E-state index >= 15 is 0 Å². The van der Waals surface area contributed by atoms with Crippen molar-refractivity contribution in [3.8, 4) is 0 Å². The van der Waals surface area contributed by atoms with Crippen LogP contribution in [0.25, 0.3) is 0 Å². The molecule has 0 atom stereocenters. The molecule has 0 radical (unpaired) electrons. The summed E-state index contributed by atoms with van der Waals surface area (Å²) in [7, 11) is 0. The number of hydrogen-bond acceptors (Lipinski definition) is 2. The first kappa shape index (κ1) is 12.9. The van der Waals surface area contributed by atoms with Crippen molar-refractivity contribution in [2.45, 2.75) is 6.43 Å². The van der Waals surface area contributed by atoms with Gasteiger partial charge in [0.1, 0.15) is 11.6 Å². The molecule has 0 bridgehead atoms. The van der Waals surface area contributed by atoms with Gasteiger partial charge < -0.3 is 11.5 Å².